The molecule has 0 fully saturated rings. The van der Waals surface area contributed by atoms with E-state index >= 15 is 0 Å². The van der Waals surface area contributed by atoms with Crippen molar-refractivity contribution in [3.8, 4) is 0 Å². The van der Waals surface area contributed by atoms with Gasteiger partial charge in [-0.05, 0) is 16.7 Å². The smallest absolute Gasteiger partial charge is 0.0565 e. The van der Waals surface area contributed by atoms with Crippen molar-refractivity contribution in [2.75, 3.05) is 0 Å². The van der Waals surface area contributed by atoms with Gasteiger partial charge in [0.25, 0.3) is 0 Å². The van der Waals surface area contributed by atoms with E-state index < -0.39 is 8.07 Å². The van der Waals surface area contributed by atoms with Gasteiger partial charge in [-0.3, -0.25) is 0 Å². The Balaban J connectivity index is 2.28. The SMILES string of the molecule is C[Si](C)(C)[C@@H](/C=C/c1ccccc1)c1ccccc1. The molecule has 2 rings (SSSR count). The molecule has 0 aromatic heterocycles. The van der Waals surface area contributed by atoms with Gasteiger partial charge in [0, 0.05) is 0 Å². The van der Waals surface area contributed by atoms with Crippen molar-refractivity contribution in [3.63, 3.8) is 0 Å². The van der Waals surface area contributed by atoms with Gasteiger partial charge < -0.3 is 0 Å². The van der Waals surface area contributed by atoms with Gasteiger partial charge in [-0.25, -0.2) is 0 Å². The molecule has 19 heavy (non-hydrogen) atoms. The van der Waals surface area contributed by atoms with Crippen molar-refractivity contribution < 1.29 is 0 Å². The molecule has 0 unspecified atom stereocenters. The molecule has 0 amide bonds. The lowest BCUT2D eigenvalue weighted by Crippen LogP contribution is -2.29. The minimum absolute atomic E-state index is 0.564. The van der Waals surface area contributed by atoms with Gasteiger partial charge in [0.2, 0.25) is 0 Å². The average molecular weight is 266 g/mol. The van der Waals surface area contributed by atoms with E-state index in [1.54, 1.807) is 0 Å². The van der Waals surface area contributed by atoms with E-state index in [0.29, 0.717) is 5.54 Å². The van der Waals surface area contributed by atoms with Crippen LogP contribution in [0.2, 0.25) is 19.6 Å². The quantitative estimate of drug-likeness (QED) is 0.653. The van der Waals surface area contributed by atoms with E-state index in [4.69, 9.17) is 0 Å². The first kappa shape index (κ1) is 13.8. The average Bonchev–Trinajstić information content (AvgIpc) is 2.40. The molecule has 0 aliphatic carbocycles. The van der Waals surface area contributed by atoms with Gasteiger partial charge in [0.05, 0.1) is 8.07 Å². The molecule has 98 valence electrons. The second-order valence-corrected chi connectivity index (χ2v) is 11.4. The van der Waals surface area contributed by atoms with E-state index in [-0.39, 0.29) is 0 Å². The number of hydrogen-bond donors (Lipinski definition) is 0. The van der Waals surface area contributed by atoms with E-state index in [0.717, 1.165) is 0 Å². The summed E-state index contributed by atoms with van der Waals surface area (Å²) in [6.45, 7) is 7.29. The van der Waals surface area contributed by atoms with Crippen LogP contribution >= 0.6 is 0 Å². The summed E-state index contributed by atoms with van der Waals surface area (Å²) in [6.07, 6.45) is 4.65. The summed E-state index contributed by atoms with van der Waals surface area (Å²) in [7, 11) is -1.27. The zero-order valence-electron chi connectivity index (χ0n) is 12.0. The summed E-state index contributed by atoms with van der Waals surface area (Å²) in [4.78, 5) is 0. The highest BCUT2D eigenvalue weighted by molar-refractivity contribution is 6.78. The van der Waals surface area contributed by atoms with Crippen molar-refractivity contribution in [2.45, 2.75) is 25.2 Å². The van der Waals surface area contributed by atoms with Crippen LogP contribution in [-0.2, 0) is 0 Å². The molecular formula is C18H22Si. The second kappa shape index (κ2) is 6.03. The Kier molecular flexibility index (Phi) is 4.38. The molecule has 0 nitrogen and oxygen atoms in total. The normalized spacial score (nSPS) is 13.6. The first-order valence-corrected chi connectivity index (χ1v) is 10.4. The maximum Gasteiger partial charge on any atom is 0.0565 e. The van der Waals surface area contributed by atoms with Gasteiger partial charge >= 0.3 is 0 Å². The summed E-state index contributed by atoms with van der Waals surface area (Å²) in [5, 5.41) is 0. The van der Waals surface area contributed by atoms with Gasteiger partial charge in [-0.2, -0.15) is 0 Å². The highest BCUT2D eigenvalue weighted by atomic mass is 28.3. The molecule has 0 N–H and O–H groups in total. The van der Waals surface area contributed by atoms with Crippen LogP contribution in [0.1, 0.15) is 16.7 Å². The highest BCUT2D eigenvalue weighted by Crippen LogP contribution is 2.29. The first-order valence-electron chi connectivity index (χ1n) is 6.85. The Bertz CT molecular complexity index is 521. The largest absolute Gasteiger partial charge is 0.0792 e. The van der Waals surface area contributed by atoms with Crippen molar-refractivity contribution >= 4 is 14.1 Å². The molecule has 0 spiro atoms. The third kappa shape index (κ3) is 3.93. The Morgan fingerprint density at radius 2 is 1.32 bits per heavy atom. The van der Waals surface area contributed by atoms with Crippen molar-refractivity contribution in [3.05, 3.63) is 77.9 Å². The molecule has 1 heteroatoms. The number of hydrogen-bond acceptors (Lipinski definition) is 0. The summed E-state index contributed by atoms with van der Waals surface area (Å²) < 4.78 is 0. The highest BCUT2D eigenvalue weighted by Gasteiger charge is 2.25. The Hall–Kier alpha value is -1.60. The Labute approximate surface area is 117 Å². The number of allylic oxidation sites excluding steroid dienone is 1. The van der Waals surface area contributed by atoms with Gasteiger partial charge in [0.1, 0.15) is 0 Å². The standard InChI is InChI=1S/C18H22Si/c1-19(2,3)18(17-12-8-5-9-13-17)15-14-16-10-6-4-7-11-16/h4-15,18H,1-3H3/b15-14+/t18-/m0/s1. The summed E-state index contributed by atoms with van der Waals surface area (Å²) >= 11 is 0. The first-order chi connectivity index (χ1) is 9.07. The molecule has 0 bridgehead atoms. The zero-order valence-corrected chi connectivity index (χ0v) is 13.0. The van der Waals surface area contributed by atoms with Crippen LogP contribution in [0.3, 0.4) is 0 Å². The van der Waals surface area contributed by atoms with Crippen LogP contribution in [0.4, 0.5) is 0 Å². The molecule has 0 saturated carbocycles. The molecule has 0 aliphatic rings. The van der Waals surface area contributed by atoms with Crippen LogP contribution in [0.15, 0.2) is 66.7 Å². The predicted octanol–water partition coefficient (Wildman–Crippen LogP) is 5.36. The monoisotopic (exact) mass is 266 g/mol. The van der Waals surface area contributed by atoms with Crippen LogP contribution in [0, 0.1) is 0 Å². The lowest BCUT2D eigenvalue weighted by molar-refractivity contribution is 1.14. The minimum atomic E-state index is -1.27. The maximum atomic E-state index is 2.43. The van der Waals surface area contributed by atoms with Crippen LogP contribution in [0.5, 0.6) is 0 Å². The lowest BCUT2D eigenvalue weighted by atomic mass is 10.1. The zero-order chi connectivity index (χ0) is 13.7. The molecule has 0 aliphatic heterocycles. The summed E-state index contributed by atoms with van der Waals surface area (Å²) in [5.74, 6) is 0. The minimum Gasteiger partial charge on any atom is -0.0792 e. The topological polar surface area (TPSA) is 0 Å². The molecular weight excluding hydrogens is 244 g/mol. The third-order valence-corrected chi connectivity index (χ3v) is 5.76. The van der Waals surface area contributed by atoms with Crippen LogP contribution < -0.4 is 0 Å². The fourth-order valence-electron chi connectivity index (χ4n) is 2.33. The van der Waals surface area contributed by atoms with Crippen LogP contribution in [-0.4, -0.2) is 8.07 Å². The number of rotatable bonds is 4. The predicted molar refractivity (Wildman–Crippen MR) is 88.0 cm³/mol. The maximum absolute atomic E-state index is 2.43. The van der Waals surface area contributed by atoms with Gasteiger partial charge in [-0.1, -0.05) is 92.5 Å². The van der Waals surface area contributed by atoms with Crippen LogP contribution in [0.25, 0.3) is 6.08 Å². The van der Waals surface area contributed by atoms with E-state index in [2.05, 4.69) is 92.5 Å². The molecule has 0 radical (unpaired) electrons. The van der Waals surface area contributed by atoms with Crippen molar-refractivity contribution in [1.29, 1.82) is 0 Å². The third-order valence-electron chi connectivity index (χ3n) is 3.37. The molecule has 0 heterocycles. The Morgan fingerprint density at radius 1 is 0.789 bits per heavy atom. The number of benzene rings is 2. The van der Waals surface area contributed by atoms with Crippen molar-refractivity contribution in [2.24, 2.45) is 0 Å². The lowest BCUT2D eigenvalue weighted by Gasteiger charge is -2.26. The summed E-state index contributed by atoms with van der Waals surface area (Å²) in [5.41, 5.74) is 3.28. The molecule has 2 aromatic carbocycles. The van der Waals surface area contributed by atoms with Gasteiger partial charge in [-0.15, -0.1) is 0 Å². The van der Waals surface area contributed by atoms with Gasteiger partial charge in [0.15, 0.2) is 0 Å². The van der Waals surface area contributed by atoms with Crippen molar-refractivity contribution in [1.82, 2.24) is 0 Å². The Morgan fingerprint density at radius 3 is 1.84 bits per heavy atom. The molecule has 2 aromatic rings. The second-order valence-electron chi connectivity index (χ2n) is 6.02. The van der Waals surface area contributed by atoms with E-state index in [1.165, 1.54) is 11.1 Å². The summed E-state index contributed by atoms with van der Waals surface area (Å²) in [6, 6.07) is 21.4. The van der Waals surface area contributed by atoms with E-state index in [1.807, 2.05) is 0 Å². The van der Waals surface area contributed by atoms with E-state index in [9.17, 15) is 0 Å². The molecule has 0 saturated heterocycles. The fraction of sp³-hybridized carbons (Fsp3) is 0.222. The molecule has 1 atom stereocenters. The fourth-order valence-corrected chi connectivity index (χ4v) is 4.20.